The summed E-state index contributed by atoms with van der Waals surface area (Å²) < 4.78 is 0. The first-order valence-corrected chi connectivity index (χ1v) is 6.51. The summed E-state index contributed by atoms with van der Waals surface area (Å²) in [6, 6.07) is 12.2. The molecule has 0 aliphatic heterocycles. The van der Waals surface area contributed by atoms with Gasteiger partial charge in [0.25, 0.3) is 0 Å². The van der Waals surface area contributed by atoms with E-state index in [4.69, 9.17) is 5.11 Å². The van der Waals surface area contributed by atoms with Crippen molar-refractivity contribution in [3.05, 3.63) is 54.0 Å². The molecule has 4 nitrogen and oxygen atoms in total. The monoisotopic (exact) mass is 257 g/mol. The van der Waals surface area contributed by atoms with Crippen molar-refractivity contribution in [1.29, 1.82) is 0 Å². The number of benzene rings is 1. The molecule has 2 rings (SSSR count). The van der Waals surface area contributed by atoms with Crippen molar-refractivity contribution in [2.75, 3.05) is 11.9 Å². The molecule has 0 aliphatic rings. The standard InChI is InChI=1S/C15H19N3O/c1-12(8-10-19)17-14-7-9-16-15(18-14)11-13-5-3-2-4-6-13/h2-7,9,12,19H,8,10-11H2,1H3,(H,16,17,18)/t12-/m0/s1. The van der Waals surface area contributed by atoms with Crippen LogP contribution in [-0.4, -0.2) is 27.7 Å². The van der Waals surface area contributed by atoms with E-state index >= 15 is 0 Å². The molecular weight excluding hydrogens is 238 g/mol. The molecule has 0 fully saturated rings. The van der Waals surface area contributed by atoms with Gasteiger partial charge in [0.2, 0.25) is 0 Å². The van der Waals surface area contributed by atoms with Crippen molar-refractivity contribution in [2.45, 2.75) is 25.8 Å². The lowest BCUT2D eigenvalue weighted by Crippen LogP contribution is -2.17. The van der Waals surface area contributed by atoms with Crippen LogP contribution in [0.25, 0.3) is 0 Å². The molecule has 19 heavy (non-hydrogen) atoms. The van der Waals surface area contributed by atoms with Gasteiger partial charge in [-0.25, -0.2) is 9.97 Å². The molecule has 4 heteroatoms. The first-order chi connectivity index (χ1) is 9.28. The van der Waals surface area contributed by atoms with Gasteiger partial charge in [-0.3, -0.25) is 0 Å². The number of aliphatic hydroxyl groups is 1. The predicted octanol–water partition coefficient (Wildman–Crippen LogP) is 2.25. The molecule has 0 amide bonds. The van der Waals surface area contributed by atoms with Crippen LogP contribution in [0.1, 0.15) is 24.7 Å². The third kappa shape index (κ3) is 4.34. The molecule has 1 atom stereocenters. The first kappa shape index (κ1) is 13.5. The highest BCUT2D eigenvalue weighted by atomic mass is 16.3. The lowest BCUT2D eigenvalue weighted by atomic mass is 10.1. The third-order valence-corrected chi connectivity index (χ3v) is 2.87. The largest absolute Gasteiger partial charge is 0.396 e. The van der Waals surface area contributed by atoms with E-state index in [2.05, 4.69) is 27.4 Å². The van der Waals surface area contributed by atoms with E-state index in [0.29, 0.717) is 6.42 Å². The van der Waals surface area contributed by atoms with Crippen LogP contribution in [0.3, 0.4) is 0 Å². The van der Waals surface area contributed by atoms with Crippen molar-refractivity contribution in [3.8, 4) is 0 Å². The molecule has 0 bridgehead atoms. The van der Waals surface area contributed by atoms with Gasteiger partial charge < -0.3 is 10.4 Å². The van der Waals surface area contributed by atoms with Gasteiger partial charge in [0.15, 0.2) is 0 Å². The maximum absolute atomic E-state index is 8.89. The number of aliphatic hydroxyl groups excluding tert-OH is 1. The molecule has 0 saturated carbocycles. The molecule has 100 valence electrons. The minimum Gasteiger partial charge on any atom is -0.396 e. The van der Waals surface area contributed by atoms with E-state index in [1.165, 1.54) is 5.56 Å². The topological polar surface area (TPSA) is 58.0 Å². The fourth-order valence-corrected chi connectivity index (χ4v) is 1.86. The second kappa shape index (κ2) is 6.85. The summed E-state index contributed by atoms with van der Waals surface area (Å²) in [7, 11) is 0. The maximum Gasteiger partial charge on any atom is 0.135 e. The van der Waals surface area contributed by atoms with E-state index in [1.807, 2.05) is 31.2 Å². The highest BCUT2D eigenvalue weighted by molar-refractivity contribution is 5.34. The van der Waals surface area contributed by atoms with E-state index in [1.54, 1.807) is 6.20 Å². The molecule has 0 aliphatic carbocycles. The van der Waals surface area contributed by atoms with Gasteiger partial charge in [0, 0.05) is 25.3 Å². The second-order valence-electron chi connectivity index (χ2n) is 4.58. The van der Waals surface area contributed by atoms with Crippen LogP contribution in [0.4, 0.5) is 5.82 Å². The Bertz CT molecular complexity index is 502. The van der Waals surface area contributed by atoms with Crippen molar-refractivity contribution in [3.63, 3.8) is 0 Å². The average molecular weight is 257 g/mol. The van der Waals surface area contributed by atoms with E-state index in [0.717, 1.165) is 18.1 Å². The highest BCUT2D eigenvalue weighted by Gasteiger charge is 2.04. The van der Waals surface area contributed by atoms with Crippen LogP contribution in [-0.2, 0) is 6.42 Å². The van der Waals surface area contributed by atoms with Crippen molar-refractivity contribution in [1.82, 2.24) is 9.97 Å². The smallest absolute Gasteiger partial charge is 0.135 e. The fraction of sp³-hybridized carbons (Fsp3) is 0.333. The van der Waals surface area contributed by atoms with Crippen LogP contribution in [0, 0.1) is 0 Å². The Morgan fingerprint density at radius 1 is 1.21 bits per heavy atom. The summed E-state index contributed by atoms with van der Waals surface area (Å²) in [5, 5.41) is 12.1. The number of hydrogen-bond donors (Lipinski definition) is 2. The molecule has 2 aromatic rings. The van der Waals surface area contributed by atoms with Gasteiger partial charge in [-0.2, -0.15) is 0 Å². The average Bonchev–Trinajstić information content (AvgIpc) is 2.40. The summed E-state index contributed by atoms with van der Waals surface area (Å²) >= 11 is 0. The molecule has 1 heterocycles. The Morgan fingerprint density at radius 2 is 2.00 bits per heavy atom. The molecule has 0 unspecified atom stereocenters. The van der Waals surface area contributed by atoms with Crippen LogP contribution in [0.15, 0.2) is 42.6 Å². The summed E-state index contributed by atoms with van der Waals surface area (Å²) in [5.74, 6) is 1.61. The van der Waals surface area contributed by atoms with Gasteiger partial charge in [-0.1, -0.05) is 30.3 Å². The lowest BCUT2D eigenvalue weighted by Gasteiger charge is -2.13. The minimum absolute atomic E-state index is 0.177. The van der Waals surface area contributed by atoms with Crippen LogP contribution in [0.2, 0.25) is 0 Å². The number of nitrogens with one attached hydrogen (secondary N) is 1. The van der Waals surface area contributed by atoms with Crippen LogP contribution < -0.4 is 5.32 Å². The van der Waals surface area contributed by atoms with Gasteiger partial charge in [0.1, 0.15) is 11.6 Å². The normalized spacial score (nSPS) is 12.1. The quantitative estimate of drug-likeness (QED) is 0.833. The van der Waals surface area contributed by atoms with Crippen molar-refractivity contribution >= 4 is 5.82 Å². The molecule has 0 spiro atoms. The SMILES string of the molecule is C[C@@H](CCO)Nc1ccnc(Cc2ccccc2)n1. The first-order valence-electron chi connectivity index (χ1n) is 6.51. The molecular formula is C15H19N3O. The van der Waals surface area contributed by atoms with E-state index in [-0.39, 0.29) is 12.6 Å². The minimum atomic E-state index is 0.177. The van der Waals surface area contributed by atoms with Gasteiger partial charge >= 0.3 is 0 Å². The second-order valence-corrected chi connectivity index (χ2v) is 4.58. The summed E-state index contributed by atoms with van der Waals surface area (Å²) in [4.78, 5) is 8.77. The van der Waals surface area contributed by atoms with Crippen LogP contribution >= 0.6 is 0 Å². The number of hydrogen-bond acceptors (Lipinski definition) is 4. The Morgan fingerprint density at radius 3 is 2.74 bits per heavy atom. The van der Waals surface area contributed by atoms with Crippen molar-refractivity contribution in [2.24, 2.45) is 0 Å². The van der Waals surface area contributed by atoms with Gasteiger partial charge in [-0.15, -0.1) is 0 Å². The number of anilines is 1. The predicted molar refractivity (Wildman–Crippen MR) is 76.1 cm³/mol. The molecule has 1 aromatic heterocycles. The zero-order chi connectivity index (χ0) is 13.5. The molecule has 2 N–H and O–H groups in total. The summed E-state index contributed by atoms with van der Waals surface area (Å²) in [6.07, 6.45) is 3.20. The van der Waals surface area contributed by atoms with Gasteiger partial charge in [-0.05, 0) is 25.0 Å². The lowest BCUT2D eigenvalue weighted by molar-refractivity contribution is 0.282. The van der Waals surface area contributed by atoms with E-state index < -0.39 is 0 Å². The molecule has 1 aromatic carbocycles. The number of rotatable bonds is 6. The van der Waals surface area contributed by atoms with Gasteiger partial charge in [0.05, 0.1) is 0 Å². The summed E-state index contributed by atoms with van der Waals surface area (Å²) in [5.41, 5.74) is 1.20. The number of nitrogens with zero attached hydrogens (tertiary/aromatic N) is 2. The Balaban J connectivity index is 2.03. The zero-order valence-corrected chi connectivity index (χ0v) is 11.1. The Kier molecular flexibility index (Phi) is 4.86. The Hall–Kier alpha value is -1.94. The fourth-order valence-electron chi connectivity index (χ4n) is 1.86. The third-order valence-electron chi connectivity index (χ3n) is 2.87. The number of aromatic nitrogens is 2. The van der Waals surface area contributed by atoms with Crippen LogP contribution in [0.5, 0.6) is 0 Å². The maximum atomic E-state index is 8.89. The Labute approximate surface area is 113 Å². The molecule has 0 saturated heterocycles. The van der Waals surface area contributed by atoms with Crippen molar-refractivity contribution < 1.29 is 5.11 Å². The highest BCUT2D eigenvalue weighted by Crippen LogP contribution is 2.09. The molecule has 0 radical (unpaired) electrons. The summed E-state index contributed by atoms with van der Waals surface area (Å²) in [6.45, 7) is 2.20. The van der Waals surface area contributed by atoms with E-state index in [9.17, 15) is 0 Å². The zero-order valence-electron chi connectivity index (χ0n) is 11.1.